The fraction of sp³-hybridized carbons (Fsp3) is 0.429. The van der Waals surface area contributed by atoms with Gasteiger partial charge in [-0.05, 0) is 12.5 Å². The Kier molecular flexibility index (Phi) is 4.65. The molecule has 0 bridgehead atoms. The summed E-state index contributed by atoms with van der Waals surface area (Å²) in [4.78, 5) is 4.39. The fourth-order valence-corrected chi connectivity index (χ4v) is 1.77. The second-order valence-electron chi connectivity index (χ2n) is 4.37. The van der Waals surface area contributed by atoms with Crippen LogP contribution in [0.15, 0.2) is 34.9 Å². The average molecular weight is 261 g/mol. The molecule has 102 valence electrons. The smallest absolute Gasteiger partial charge is 0.230 e. The van der Waals surface area contributed by atoms with Crippen LogP contribution in [0, 0.1) is 0 Å². The molecule has 0 amide bonds. The molecule has 2 rings (SSSR count). The topological polar surface area (TPSA) is 74.2 Å². The molecular weight excluding hydrogens is 242 g/mol. The lowest BCUT2D eigenvalue weighted by atomic mass is 10.1. The highest BCUT2D eigenvalue weighted by atomic mass is 16.5. The van der Waals surface area contributed by atoms with Gasteiger partial charge in [0.05, 0.1) is 0 Å². The van der Waals surface area contributed by atoms with E-state index in [-0.39, 0.29) is 12.0 Å². The number of nitrogens with two attached hydrogens (primary N) is 1. The van der Waals surface area contributed by atoms with Crippen molar-refractivity contribution in [2.45, 2.75) is 25.9 Å². The molecule has 2 aromatic rings. The van der Waals surface area contributed by atoms with Crippen molar-refractivity contribution in [3.05, 3.63) is 47.6 Å². The average Bonchev–Trinajstić information content (AvgIpc) is 2.94. The summed E-state index contributed by atoms with van der Waals surface area (Å²) in [7, 11) is 0. The SMILES string of the molecule is CCOC(c1ccccc1)c1noc(C(C)CN)n1. The van der Waals surface area contributed by atoms with E-state index in [1.807, 2.05) is 44.2 Å². The Morgan fingerprint density at radius 1 is 1.32 bits per heavy atom. The summed E-state index contributed by atoms with van der Waals surface area (Å²) in [6.07, 6.45) is -0.298. The van der Waals surface area contributed by atoms with Crippen molar-refractivity contribution < 1.29 is 9.26 Å². The second kappa shape index (κ2) is 6.45. The number of aromatic nitrogens is 2. The van der Waals surface area contributed by atoms with Gasteiger partial charge in [0, 0.05) is 19.1 Å². The van der Waals surface area contributed by atoms with Crippen LogP contribution in [0.4, 0.5) is 0 Å². The zero-order chi connectivity index (χ0) is 13.7. The van der Waals surface area contributed by atoms with Crippen LogP contribution in [0.3, 0.4) is 0 Å². The van der Waals surface area contributed by atoms with Gasteiger partial charge in [-0.15, -0.1) is 0 Å². The van der Waals surface area contributed by atoms with E-state index in [1.54, 1.807) is 0 Å². The van der Waals surface area contributed by atoms with Crippen molar-refractivity contribution in [3.8, 4) is 0 Å². The predicted octanol–water partition coefficient (Wildman–Crippen LogP) is 2.26. The van der Waals surface area contributed by atoms with E-state index in [1.165, 1.54) is 0 Å². The first-order valence-corrected chi connectivity index (χ1v) is 6.46. The van der Waals surface area contributed by atoms with Crippen molar-refractivity contribution in [2.75, 3.05) is 13.2 Å². The third kappa shape index (κ3) is 3.19. The summed E-state index contributed by atoms with van der Waals surface area (Å²) in [6, 6.07) is 9.87. The Hall–Kier alpha value is -1.72. The summed E-state index contributed by atoms with van der Waals surface area (Å²) in [5.41, 5.74) is 6.61. The molecule has 0 spiro atoms. The van der Waals surface area contributed by atoms with Gasteiger partial charge in [0.1, 0.15) is 6.10 Å². The maximum absolute atomic E-state index is 5.72. The molecule has 1 heterocycles. The Morgan fingerprint density at radius 3 is 2.68 bits per heavy atom. The van der Waals surface area contributed by atoms with Crippen molar-refractivity contribution >= 4 is 0 Å². The molecule has 0 radical (unpaired) electrons. The van der Waals surface area contributed by atoms with Crippen molar-refractivity contribution in [1.82, 2.24) is 10.1 Å². The highest BCUT2D eigenvalue weighted by Gasteiger charge is 2.22. The van der Waals surface area contributed by atoms with Crippen LogP contribution in [0.25, 0.3) is 0 Å². The Morgan fingerprint density at radius 2 is 2.05 bits per heavy atom. The predicted molar refractivity (Wildman–Crippen MR) is 71.7 cm³/mol. The minimum atomic E-state index is -0.298. The molecule has 2 atom stereocenters. The Labute approximate surface area is 112 Å². The quantitative estimate of drug-likeness (QED) is 0.863. The first kappa shape index (κ1) is 13.7. The van der Waals surface area contributed by atoms with Crippen LogP contribution in [0.5, 0.6) is 0 Å². The standard InChI is InChI=1S/C14H19N3O2/c1-3-18-12(11-7-5-4-6-8-11)13-16-14(19-17-13)10(2)9-15/h4-8,10,12H,3,9,15H2,1-2H3. The Balaban J connectivity index is 2.27. The highest BCUT2D eigenvalue weighted by Crippen LogP contribution is 2.24. The summed E-state index contributed by atoms with van der Waals surface area (Å²) in [5, 5.41) is 4.01. The van der Waals surface area contributed by atoms with E-state index in [4.69, 9.17) is 15.0 Å². The molecule has 2 unspecified atom stereocenters. The van der Waals surface area contributed by atoms with Crippen molar-refractivity contribution in [2.24, 2.45) is 5.73 Å². The van der Waals surface area contributed by atoms with Gasteiger partial charge in [0.15, 0.2) is 0 Å². The van der Waals surface area contributed by atoms with Gasteiger partial charge in [-0.3, -0.25) is 0 Å². The normalized spacial score (nSPS) is 14.3. The summed E-state index contributed by atoms with van der Waals surface area (Å²) in [5.74, 6) is 1.15. The molecule has 0 fully saturated rings. The molecule has 19 heavy (non-hydrogen) atoms. The zero-order valence-corrected chi connectivity index (χ0v) is 11.2. The molecule has 5 nitrogen and oxygen atoms in total. The second-order valence-corrected chi connectivity index (χ2v) is 4.37. The van der Waals surface area contributed by atoms with Crippen LogP contribution in [-0.2, 0) is 4.74 Å². The molecular formula is C14H19N3O2. The lowest BCUT2D eigenvalue weighted by Crippen LogP contribution is -2.11. The van der Waals surface area contributed by atoms with Gasteiger partial charge in [-0.2, -0.15) is 4.98 Å². The van der Waals surface area contributed by atoms with Crippen LogP contribution in [-0.4, -0.2) is 23.3 Å². The van der Waals surface area contributed by atoms with Gasteiger partial charge in [-0.25, -0.2) is 0 Å². The molecule has 1 aromatic carbocycles. The van der Waals surface area contributed by atoms with Crippen molar-refractivity contribution in [3.63, 3.8) is 0 Å². The molecule has 0 saturated heterocycles. The van der Waals surface area contributed by atoms with Gasteiger partial charge in [-0.1, -0.05) is 42.4 Å². The van der Waals surface area contributed by atoms with E-state index in [2.05, 4.69) is 10.1 Å². The lowest BCUT2D eigenvalue weighted by Gasteiger charge is -2.13. The minimum Gasteiger partial charge on any atom is -0.366 e. The maximum Gasteiger partial charge on any atom is 0.230 e. The minimum absolute atomic E-state index is 0.0549. The summed E-state index contributed by atoms with van der Waals surface area (Å²) < 4.78 is 11.0. The summed E-state index contributed by atoms with van der Waals surface area (Å²) in [6.45, 7) is 4.96. The highest BCUT2D eigenvalue weighted by molar-refractivity contribution is 5.22. The molecule has 0 aliphatic heterocycles. The maximum atomic E-state index is 5.72. The van der Waals surface area contributed by atoms with Gasteiger partial charge < -0.3 is 15.0 Å². The third-order valence-corrected chi connectivity index (χ3v) is 2.90. The molecule has 0 aliphatic carbocycles. The van der Waals surface area contributed by atoms with Gasteiger partial charge in [0.25, 0.3) is 0 Å². The number of nitrogens with zero attached hydrogens (tertiary/aromatic N) is 2. The van der Waals surface area contributed by atoms with Crippen LogP contribution in [0.1, 0.15) is 43.1 Å². The monoisotopic (exact) mass is 261 g/mol. The lowest BCUT2D eigenvalue weighted by molar-refractivity contribution is 0.0833. The number of benzene rings is 1. The molecule has 0 aliphatic rings. The molecule has 0 saturated carbocycles. The van der Waals surface area contributed by atoms with Crippen molar-refractivity contribution in [1.29, 1.82) is 0 Å². The third-order valence-electron chi connectivity index (χ3n) is 2.90. The van der Waals surface area contributed by atoms with E-state index < -0.39 is 0 Å². The number of hydrogen-bond acceptors (Lipinski definition) is 5. The van der Waals surface area contributed by atoms with E-state index >= 15 is 0 Å². The largest absolute Gasteiger partial charge is 0.366 e. The molecule has 2 N–H and O–H groups in total. The van der Waals surface area contributed by atoms with Crippen LogP contribution in [0.2, 0.25) is 0 Å². The first-order valence-electron chi connectivity index (χ1n) is 6.46. The zero-order valence-electron chi connectivity index (χ0n) is 11.2. The van der Waals surface area contributed by atoms with E-state index in [0.717, 1.165) is 5.56 Å². The first-order chi connectivity index (χ1) is 9.26. The molecule has 5 heteroatoms. The van der Waals surface area contributed by atoms with E-state index in [9.17, 15) is 0 Å². The summed E-state index contributed by atoms with van der Waals surface area (Å²) >= 11 is 0. The Bertz CT molecular complexity index is 498. The number of ether oxygens (including phenoxy) is 1. The van der Waals surface area contributed by atoms with Gasteiger partial charge >= 0.3 is 0 Å². The molecule has 1 aromatic heterocycles. The van der Waals surface area contributed by atoms with Crippen LogP contribution < -0.4 is 5.73 Å². The van der Waals surface area contributed by atoms with Crippen LogP contribution >= 0.6 is 0 Å². The van der Waals surface area contributed by atoms with E-state index in [0.29, 0.717) is 24.9 Å². The number of hydrogen-bond donors (Lipinski definition) is 1. The van der Waals surface area contributed by atoms with Gasteiger partial charge in [0.2, 0.25) is 11.7 Å². The fourth-order valence-electron chi connectivity index (χ4n) is 1.77. The number of rotatable bonds is 6.